The van der Waals surface area contributed by atoms with Gasteiger partial charge >= 0.3 is 5.97 Å². The van der Waals surface area contributed by atoms with E-state index in [2.05, 4.69) is 54.6 Å². The first-order valence-corrected chi connectivity index (χ1v) is 10.7. The van der Waals surface area contributed by atoms with Crippen LogP contribution in [0.2, 0.25) is 5.02 Å². The van der Waals surface area contributed by atoms with Crippen LogP contribution in [0.1, 0.15) is 18.4 Å². The van der Waals surface area contributed by atoms with Crippen LogP contribution in [0, 0.1) is 0 Å². The highest BCUT2D eigenvalue weighted by atomic mass is 35.5. The fourth-order valence-electron chi connectivity index (χ4n) is 3.78. The van der Waals surface area contributed by atoms with Gasteiger partial charge in [-0.25, -0.2) is 0 Å². The third-order valence-corrected chi connectivity index (χ3v) is 5.65. The number of carboxylic acid groups (broad SMARTS) is 1. The Kier molecular flexibility index (Phi) is 6.49. The van der Waals surface area contributed by atoms with Crippen LogP contribution in [0.5, 0.6) is 0 Å². The van der Waals surface area contributed by atoms with Crippen molar-refractivity contribution in [3.63, 3.8) is 0 Å². The highest BCUT2D eigenvalue weighted by Gasteiger charge is 2.10. The smallest absolute Gasteiger partial charge is 0.303 e. The fourth-order valence-corrected chi connectivity index (χ4v) is 3.91. The lowest BCUT2D eigenvalue weighted by Gasteiger charge is -2.14. The maximum atomic E-state index is 10.9. The zero-order valence-electron chi connectivity index (χ0n) is 17.1. The number of halogens is 1. The number of aliphatic carboxylic acids is 1. The molecule has 0 atom stereocenters. The van der Waals surface area contributed by atoms with E-state index >= 15 is 0 Å². The summed E-state index contributed by atoms with van der Waals surface area (Å²) in [5.74, 6) is -0.751. The van der Waals surface area contributed by atoms with Gasteiger partial charge in [-0.15, -0.1) is 0 Å². The predicted octanol–water partition coefficient (Wildman–Crippen LogP) is 7.75. The minimum atomic E-state index is -0.751. The van der Waals surface area contributed by atoms with Gasteiger partial charge in [0.05, 0.1) is 0 Å². The highest BCUT2D eigenvalue weighted by molar-refractivity contribution is 6.30. The number of rotatable bonds is 7. The Morgan fingerprint density at radius 3 is 1.90 bits per heavy atom. The second-order valence-electron chi connectivity index (χ2n) is 7.58. The maximum Gasteiger partial charge on any atom is 0.303 e. The molecule has 0 aliphatic carbocycles. The number of carboxylic acids is 1. The van der Waals surface area contributed by atoms with E-state index in [9.17, 15) is 4.79 Å². The largest absolute Gasteiger partial charge is 0.481 e. The molecule has 154 valence electrons. The van der Waals surface area contributed by atoms with Crippen LogP contribution < -0.4 is 0 Å². The van der Waals surface area contributed by atoms with E-state index in [0.717, 1.165) is 44.8 Å². The number of benzene rings is 4. The molecule has 4 aromatic carbocycles. The molecule has 0 saturated heterocycles. The van der Waals surface area contributed by atoms with Gasteiger partial charge in [-0.3, -0.25) is 4.79 Å². The molecule has 2 nitrogen and oxygen atoms in total. The first-order valence-electron chi connectivity index (χ1n) is 10.4. The molecule has 4 aromatic rings. The summed E-state index contributed by atoms with van der Waals surface area (Å²) in [6, 6.07) is 33.2. The molecular weight excluding hydrogens is 404 g/mol. The quantitative estimate of drug-likeness (QED) is 0.328. The molecule has 3 heteroatoms. The maximum absolute atomic E-state index is 10.9. The van der Waals surface area contributed by atoms with Gasteiger partial charge in [-0.1, -0.05) is 96.5 Å². The second kappa shape index (κ2) is 9.63. The third-order valence-electron chi connectivity index (χ3n) is 5.40. The highest BCUT2D eigenvalue weighted by Crippen LogP contribution is 2.34. The molecule has 0 fully saturated rings. The molecule has 31 heavy (non-hydrogen) atoms. The molecule has 0 radical (unpaired) electrons. The topological polar surface area (TPSA) is 37.3 Å². The average Bonchev–Trinajstić information content (AvgIpc) is 2.80. The number of hydrogen-bond donors (Lipinski definition) is 1. The SMILES string of the molecule is O=C(O)CCCc1ccc(-c2ccccc2)c(-c2ccc(-c3ccc(Cl)cc3)cc2)c1. The van der Waals surface area contributed by atoms with E-state index in [4.69, 9.17) is 16.7 Å². The summed E-state index contributed by atoms with van der Waals surface area (Å²) in [4.78, 5) is 10.9. The van der Waals surface area contributed by atoms with E-state index in [1.165, 1.54) is 5.56 Å². The first-order chi connectivity index (χ1) is 15.1. The van der Waals surface area contributed by atoms with Crippen molar-refractivity contribution in [2.45, 2.75) is 19.3 Å². The molecule has 0 heterocycles. The van der Waals surface area contributed by atoms with Crippen molar-refractivity contribution in [3.8, 4) is 33.4 Å². The summed E-state index contributed by atoms with van der Waals surface area (Å²) in [6.07, 6.45) is 1.57. The van der Waals surface area contributed by atoms with Gasteiger partial charge in [0.25, 0.3) is 0 Å². The van der Waals surface area contributed by atoms with Crippen molar-refractivity contribution in [1.82, 2.24) is 0 Å². The summed E-state index contributed by atoms with van der Waals surface area (Å²) in [6.45, 7) is 0. The number of aryl methyl sites for hydroxylation is 1. The Morgan fingerprint density at radius 1 is 0.677 bits per heavy atom. The van der Waals surface area contributed by atoms with Crippen molar-refractivity contribution in [1.29, 1.82) is 0 Å². The molecule has 0 saturated carbocycles. The van der Waals surface area contributed by atoms with Gasteiger partial charge in [0.2, 0.25) is 0 Å². The predicted molar refractivity (Wildman–Crippen MR) is 128 cm³/mol. The van der Waals surface area contributed by atoms with Crippen LogP contribution >= 0.6 is 11.6 Å². The lowest BCUT2D eigenvalue weighted by molar-refractivity contribution is -0.137. The van der Waals surface area contributed by atoms with Gasteiger partial charge in [0, 0.05) is 11.4 Å². The molecule has 1 N–H and O–H groups in total. The van der Waals surface area contributed by atoms with Crippen LogP contribution in [0.25, 0.3) is 33.4 Å². The monoisotopic (exact) mass is 426 g/mol. The van der Waals surface area contributed by atoms with E-state index < -0.39 is 5.97 Å². The van der Waals surface area contributed by atoms with Crippen LogP contribution in [0.3, 0.4) is 0 Å². The lowest BCUT2D eigenvalue weighted by Crippen LogP contribution is -1.96. The standard InChI is InChI=1S/C28H23ClO2/c29-25-16-14-22(15-17-25)21-10-12-24(13-11-21)27-19-20(5-4-8-28(30)31)9-18-26(27)23-6-2-1-3-7-23/h1-3,6-7,9-19H,4-5,8H2,(H,30,31). The number of hydrogen-bond acceptors (Lipinski definition) is 1. The minimum Gasteiger partial charge on any atom is -0.481 e. The summed E-state index contributed by atoms with van der Waals surface area (Å²) >= 11 is 6.02. The molecule has 4 rings (SSSR count). The molecule has 0 unspecified atom stereocenters. The van der Waals surface area contributed by atoms with Crippen LogP contribution in [-0.2, 0) is 11.2 Å². The van der Waals surface area contributed by atoms with E-state index in [1.807, 2.05) is 42.5 Å². The van der Waals surface area contributed by atoms with Crippen LogP contribution in [-0.4, -0.2) is 11.1 Å². The van der Waals surface area contributed by atoms with Crippen molar-refractivity contribution in [3.05, 3.63) is 108 Å². The van der Waals surface area contributed by atoms with Gasteiger partial charge in [-0.2, -0.15) is 0 Å². The Hall–Kier alpha value is -3.36. The van der Waals surface area contributed by atoms with Gasteiger partial charge < -0.3 is 5.11 Å². The van der Waals surface area contributed by atoms with E-state index in [-0.39, 0.29) is 6.42 Å². The summed E-state index contributed by atoms with van der Waals surface area (Å²) in [7, 11) is 0. The van der Waals surface area contributed by atoms with E-state index in [1.54, 1.807) is 0 Å². The normalized spacial score (nSPS) is 10.7. The second-order valence-corrected chi connectivity index (χ2v) is 8.01. The van der Waals surface area contributed by atoms with Crippen molar-refractivity contribution < 1.29 is 9.90 Å². The Bertz CT molecular complexity index is 1160. The zero-order valence-corrected chi connectivity index (χ0v) is 17.8. The fraction of sp³-hybridized carbons (Fsp3) is 0.107. The van der Waals surface area contributed by atoms with Gasteiger partial charge in [-0.05, 0) is 63.9 Å². The molecule has 0 aromatic heterocycles. The average molecular weight is 427 g/mol. The zero-order chi connectivity index (χ0) is 21.6. The Morgan fingerprint density at radius 2 is 1.26 bits per heavy atom. The third kappa shape index (κ3) is 5.22. The van der Waals surface area contributed by atoms with Crippen molar-refractivity contribution in [2.75, 3.05) is 0 Å². The molecule has 0 aliphatic rings. The molecule has 0 spiro atoms. The summed E-state index contributed by atoms with van der Waals surface area (Å²) in [5.41, 5.74) is 8.04. The van der Waals surface area contributed by atoms with E-state index in [0.29, 0.717) is 6.42 Å². The van der Waals surface area contributed by atoms with Gasteiger partial charge in [0.15, 0.2) is 0 Å². The minimum absolute atomic E-state index is 0.186. The Labute approximate surface area is 187 Å². The van der Waals surface area contributed by atoms with Crippen molar-refractivity contribution >= 4 is 17.6 Å². The molecule has 0 bridgehead atoms. The summed E-state index contributed by atoms with van der Waals surface area (Å²) in [5, 5.41) is 9.67. The Balaban J connectivity index is 1.70. The molecule has 0 amide bonds. The lowest BCUT2D eigenvalue weighted by atomic mass is 9.91. The first kappa shape index (κ1) is 20.9. The van der Waals surface area contributed by atoms with Gasteiger partial charge in [0.1, 0.15) is 0 Å². The van der Waals surface area contributed by atoms with Crippen LogP contribution in [0.15, 0.2) is 97.1 Å². The molecule has 0 aliphatic heterocycles. The molecular formula is C28H23ClO2. The number of carbonyl (C=O) groups is 1. The van der Waals surface area contributed by atoms with Crippen LogP contribution in [0.4, 0.5) is 0 Å². The van der Waals surface area contributed by atoms with Crippen molar-refractivity contribution in [2.24, 2.45) is 0 Å². The summed E-state index contributed by atoms with van der Waals surface area (Å²) < 4.78 is 0.